The number of carbonyl (C=O) groups is 3. The second-order valence-corrected chi connectivity index (χ2v) is 15.7. The number of aliphatic hydroxyl groups is 1. The number of benzene rings is 2. The van der Waals surface area contributed by atoms with Gasteiger partial charge in [-0.05, 0) is 55.4 Å². The van der Waals surface area contributed by atoms with Crippen LogP contribution >= 0.6 is 0 Å². The molecule has 3 saturated heterocycles. The van der Waals surface area contributed by atoms with Gasteiger partial charge in [0.05, 0.1) is 18.3 Å². The van der Waals surface area contributed by atoms with E-state index in [-0.39, 0.29) is 35.8 Å². The van der Waals surface area contributed by atoms with E-state index < -0.39 is 20.0 Å². The summed E-state index contributed by atoms with van der Waals surface area (Å²) in [4.78, 5) is 55.0. The van der Waals surface area contributed by atoms with Gasteiger partial charge >= 0.3 is 0 Å². The topological polar surface area (TPSA) is 111 Å². The monoisotopic (exact) mass is 549 g/mol. The fourth-order valence-electron chi connectivity index (χ4n) is 6.93. The van der Waals surface area contributed by atoms with Crippen molar-refractivity contribution in [1.82, 2.24) is 0 Å². The molecule has 0 radical (unpaired) electrons. The van der Waals surface area contributed by atoms with Crippen LogP contribution in [-0.4, -0.2) is 61.7 Å². The highest BCUT2D eigenvalue weighted by atomic mass is 28.4. The molecule has 4 aliphatic heterocycles. The molecule has 39 heavy (non-hydrogen) atoms. The predicted molar refractivity (Wildman–Crippen MR) is 149 cm³/mol. The Morgan fingerprint density at radius 3 is 2.13 bits per heavy atom. The molecule has 9 nitrogen and oxygen atoms in total. The lowest BCUT2D eigenvalue weighted by Gasteiger charge is -2.33. The molecule has 0 unspecified atom stereocenters. The Morgan fingerprint density at radius 1 is 0.974 bits per heavy atom. The van der Waals surface area contributed by atoms with Crippen molar-refractivity contribution in [3.05, 3.63) is 53.6 Å². The number of β-lactam (4-membered cyclic amide) rings is 2. The maximum absolute atomic E-state index is 14.5. The van der Waals surface area contributed by atoms with E-state index in [4.69, 9.17) is 4.74 Å². The molecule has 6 rings (SSSR count). The number of hydrogen-bond acceptors (Lipinski definition) is 6. The average molecular weight is 550 g/mol. The molecular weight excluding hydrogens is 514 g/mol. The zero-order valence-corrected chi connectivity index (χ0v) is 23.6. The molecule has 4 aliphatic rings. The van der Waals surface area contributed by atoms with Gasteiger partial charge in [0, 0.05) is 60.9 Å². The average Bonchev–Trinajstić information content (AvgIpc) is 3.30. The van der Waals surface area contributed by atoms with Gasteiger partial charge in [-0.1, -0.05) is 19.1 Å². The van der Waals surface area contributed by atoms with Crippen LogP contribution in [0.25, 0.3) is 0 Å². The number of hydrogen-bond donors (Lipinski definition) is 2. The maximum Gasteiger partial charge on any atom is 0.264 e. The standard InChI is InChI=1S/C29H35N3O6Si/c1-18-27(39(2,3)37)24(12-15-33)38-29(18)22-16-21(31-14-11-26(31)35)8-9-23(22)32(28(29)36)17-19-4-6-20(7-5-19)30-13-10-25(30)34/h4-9,16,18,24,27,33,37H,10-15,17H2,1-3H3/t18-,24+,27-,29+/m1/s1. The first-order chi connectivity index (χ1) is 18.6. The summed E-state index contributed by atoms with van der Waals surface area (Å²) >= 11 is 0. The van der Waals surface area contributed by atoms with E-state index in [1.165, 1.54) is 0 Å². The molecule has 0 aromatic heterocycles. The number of rotatable bonds is 7. The summed E-state index contributed by atoms with van der Waals surface area (Å²) in [6.45, 7) is 7.26. The molecule has 2 N–H and O–H groups in total. The van der Waals surface area contributed by atoms with Crippen molar-refractivity contribution in [2.45, 2.75) is 63.1 Å². The molecule has 206 valence electrons. The summed E-state index contributed by atoms with van der Waals surface area (Å²) < 4.78 is 6.68. The van der Waals surface area contributed by atoms with Crippen LogP contribution in [0.2, 0.25) is 18.6 Å². The van der Waals surface area contributed by atoms with E-state index >= 15 is 0 Å². The second-order valence-electron chi connectivity index (χ2n) is 11.7. The lowest BCUT2D eigenvalue weighted by molar-refractivity contribution is -0.146. The zero-order valence-electron chi connectivity index (χ0n) is 22.6. The van der Waals surface area contributed by atoms with Gasteiger partial charge in [-0.15, -0.1) is 0 Å². The third kappa shape index (κ3) is 3.95. The summed E-state index contributed by atoms with van der Waals surface area (Å²) in [6, 6.07) is 13.4. The van der Waals surface area contributed by atoms with Crippen LogP contribution in [0.1, 0.15) is 37.3 Å². The molecule has 2 aromatic rings. The van der Waals surface area contributed by atoms with Crippen LogP contribution in [0.5, 0.6) is 0 Å². The molecule has 0 saturated carbocycles. The Hall–Kier alpha value is -3.05. The highest BCUT2D eigenvalue weighted by Crippen LogP contribution is 2.60. The van der Waals surface area contributed by atoms with E-state index in [1.807, 2.05) is 62.5 Å². The normalized spacial score (nSPS) is 28.3. The van der Waals surface area contributed by atoms with Gasteiger partial charge in [0.1, 0.15) is 0 Å². The van der Waals surface area contributed by atoms with Crippen molar-refractivity contribution in [2.75, 3.05) is 34.4 Å². The largest absolute Gasteiger partial charge is 0.432 e. The summed E-state index contributed by atoms with van der Waals surface area (Å²) in [5.74, 6) is -0.368. The first-order valence-corrected chi connectivity index (χ1v) is 16.8. The van der Waals surface area contributed by atoms with Crippen molar-refractivity contribution < 1.29 is 29.0 Å². The van der Waals surface area contributed by atoms with E-state index in [0.717, 1.165) is 29.2 Å². The van der Waals surface area contributed by atoms with Crippen LogP contribution in [0.3, 0.4) is 0 Å². The Kier molecular flexibility index (Phi) is 6.22. The maximum atomic E-state index is 14.5. The van der Waals surface area contributed by atoms with Crippen LogP contribution in [0.4, 0.5) is 17.1 Å². The van der Waals surface area contributed by atoms with E-state index in [0.29, 0.717) is 37.9 Å². The SMILES string of the molecule is C[C@@H]1[C@@H]([Si](C)(C)O)[C@H](CCO)O[C@@]12C(=O)N(Cc1ccc(N3CCC3=O)cc1)c1ccc(N3CCC3=O)cc12. The first-order valence-electron chi connectivity index (χ1n) is 13.7. The molecule has 3 fully saturated rings. The lowest BCUT2D eigenvalue weighted by atomic mass is 9.82. The molecule has 0 aliphatic carbocycles. The minimum atomic E-state index is -2.79. The number of ether oxygens (including phenoxy) is 1. The van der Waals surface area contributed by atoms with E-state index in [2.05, 4.69) is 0 Å². The molecule has 3 amide bonds. The van der Waals surface area contributed by atoms with Crippen LogP contribution < -0.4 is 14.7 Å². The molecule has 1 spiro atoms. The fourth-order valence-corrected chi connectivity index (χ4v) is 9.53. The molecule has 0 bridgehead atoms. The van der Waals surface area contributed by atoms with Gasteiger partial charge in [0.25, 0.3) is 5.91 Å². The molecule has 4 atom stereocenters. The number of amides is 3. The van der Waals surface area contributed by atoms with Gasteiger partial charge in [0.15, 0.2) is 13.9 Å². The van der Waals surface area contributed by atoms with Gasteiger partial charge in [-0.2, -0.15) is 0 Å². The van der Waals surface area contributed by atoms with Crippen molar-refractivity contribution in [1.29, 1.82) is 0 Å². The van der Waals surface area contributed by atoms with Gasteiger partial charge in [0.2, 0.25) is 11.8 Å². The fraction of sp³-hybridized carbons (Fsp3) is 0.483. The number of nitrogens with zero attached hydrogens (tertiary/aromatic N) is 3. The van der Waals surface area contributed by atoms with Gasteiger partial charge in [-0.25, -0.2) is 0 Å². The van der Waals surface area contributed by atoms with Crippen molar-refractivity contribution >= 4 is 43.1 Å². The van der Waals surface area contributed by atoms with E-state index in [1.54, 1.807) is 14.7 Å². The number of carbonyl (C=O) groups excluding carboxylic acids is 3. The first kappa shape index (κ1) is 26.2. The number of fused-ring (bicyclic) bond motifs is 2. The second kappa shape index (κ2) is 9.26. The lowest BCUT2D eigenvalue weighted by Crippen LogP contribution is -2.46. The third-order valence-corrected chi connectivity index (χ3v) is 11.5. The van der Waals surface area contributed by atoms with Crippen LogP contribution in [0.15, 0.2) is 42.5 Å². The van der Waals surface area contributed by atoms with Crippen molar-refractivity contribution in [3.63, 3.8) is 0 Å². The Balaban J connectivity index is 1.40. The number of aliphatic hydroxyl groups excluding tert-OH is 1. The van der Waals surface area contributed by atoms with Crippen molar-refractivity contribution in [2.24, 2.45) is 5.92 Å². The van der Waals surface area contributed by atoms with Gasteiger partial charge < -0.3 is 29.3 Å². The predicted octanol–water partition coefficient (Wildman–Crippen LogP) is 2.89. The Morgan fingerprint density at radius 2 is 1.59 bits per heavy atom. The molecule has 10 heteroatoms. The molecular formula is C29H35N3O6Si. The Bertz CT molecular complexity index is 1340. The van der Waals surface area contributed by atoms with Crippen LogP contribution in [0, 0.1) is 5.92 Å². The minimum absolute atomic E-state index is 0.0475. The zero-order chi connectivity index (χ0) is 27.7. The number of anilines is 3. The summed E-state index contributed by atoms with van der Waals surface area (Å²) in [6.07, 6.45) is 0.940. The molecule has 4 heterocycles. The summed E-state index contributed by atoms with van der Waals surface area (Å²) in [7, 11) is -2.79. The third-order valence-electron chi connectivity index (χ3n) is 8.98. The molecule has 2 aromatic carbocycles. The quantitative estimate of drug-likeness (QED) is 0.406. The highest BCUT2D eigenvalue weighted by Gasteiger charge is 2.66. The minimum Gasteiger partial charge on any atom is -0.432 e. The van der Waals surface area contributed by atoms with Gasteiger partial charge in [-0.3, -0.25) is 14.4 Å². The van der Waals surface area contributed by atoms with Crippen LogP contribution in [-0.2, 0) is 31.3 Å². The van der Waals surface area contributed by atoms with E-state index in [9.17, 15) is 24.3 Å². The Labute approximate surface area is 229 Å². The summed E-state index contributed by atoms with van der Waals surface area (Å²) in [5.41, 5.74) is 2.36. The van der Waals surface area contributed by atoms with Crippen molar-refractivity contribution in [3.8, 4) is 0 Å². The highest BCUT2D eigenvalue weighted by molar-refractivity contribution is 6.71. The summed E-state index contributed by atoms with van der Waals surface area (Å²) in [5, 5.41) is 9.81. The smallest absolute Gasteiger partial charge is 0.264 e.